The van der Waals surface area contributed by atoms with Crippen LogP contribution in [0, 0.1) is 0 Å². The van der Waals surface area contributed by atoms with Crippen LogP contribution >= 0.6 is 23.2 Å². The highest BCUT2D eigenvalue weighted by Gasteiger charge is 2.25. The van der Waals surface area contributed by atoms with Crippen molar-refractivity contribution in [2.45, 2.75) is 13.0 Å². The number of aromatic nitrogens is 1. The lowest BCUT2D eigenvalue weighted by atomic mass is 10.0. The van der Waals surface area contributed by atoms with E-state index in [4.69, 9.17) is 23.2 Å². The highest BCUT2D eigenvalue weighted by atomic mass is 35.5. The third kappa shape index (κ3) is 2.50. The molecule has 1 N–H and O–H groups in total. The highest BCUT2D eigenvalue weighted by Crippen LogP contribution is 2.30. The standard InChI is InChI=1S/C18H14Cl2N2O/c19-11-5-6-16-13(9-11)14-10-22(8-7-17(14)21-16)18(23)12-3-1-2-4-15(12)20/h1-6,9,21H,7-8,10H2. The molecule has 0 unspecified atom stereocenters. The number of hydrogen-bond donors (Lipinski definition) is 1. The first-order valence-corrected chi connectivity index (χ1v) is 8.22. The van der Waals surface area contributed by atoms with Crippen LogP contribution in [0.2, 0.25) is 10.0 Å². The maximum Gasteiger partial charge on any atom is 0.255 e. The number of aromatic amines is 1. The topological polar surface area (TPSA) is 36.1 Å². The number of nitrogens with zero attached hydrogens (tertiary/aromatic N) is 1. The largest absolute Gasteiger partial charge is 0.358 e. The smallest absolute Gasteiger partial charge is 0.255 e. The van der Waals surface area contributed by atoms with Crippen molar-refractivity contribution in [1.29, 1.82) is 0 Å². The van der Waals surface area contributed by atoms with Crippen LogP contribution in [0.15, 0.2) is 42.5 Å². The molecule has 1 aliphatic rings. The van der Waals surface area contributed by atoms with Crippen LogP contribution in [-0.4, -0.2) is 22.3 Å². The number of halogens is 2. The van der Waals surface area contributed by atoms with Gasteiger partial charge in [0.2, 0.25) is 0 Å². The van der Waals surface area contributed by atoms with Crippen LogP contribution in [0.3, 0.4) is 0 Å². The highest BCUT2D eigenvalue weighted by molar-refractivity contribution is 6.33. The quantitative estimate of drug-likeness (QED) is 0.683. The Morgan fingerprint density at radius 1 is 1.13 bits per heavy atom. The minimum Gasteiger partial charge on any atom is -0.358 e. The fourth-order valence-electron chi connectivity index (χ4n) is 3.16. The number of H-pyrrole nitrogens is 1. The zero-order valence-electron chi connectivity index (χ0n) is 12.3. The van der Waals surface area contributed by atoms with Crippen molar-refractivity contribution in [3.8, 4) is 0 Å². The van der Waals surface area contributed by atoms with E-state index in [2.05, 4.69) is 4.98 Å². The molecule has 1 amide bonds. The molecule has 3 aromatic rings. The van der Waals surface area contributed by atoms with Crippen LogP contribution in [0.5, 0.6) is 0 Å². The normalized spacial score (nSPS) is 14.1. The minimum atomic E-state index is -0.0300. The van der Waals surface area contributed by atoms with Gasteiger partial charge in [0.05, 0.1) is 10.6 Å². The van der Waals surface area contributed by atoms with Gasteiger partial charge < -0.3 is 9.88 Å². The van der Waals surface area contributed by atoms with Crippen LogP contribution < -0.4 is 0 Å². The van der Waals surface area contributed by atoms with Crippen molar-refractivity contribution >= 4 is 40.0 Å². The van der Waals surface area contributed by atoms with Crippen LogP contribution in [0.25, 0.3) is 10.9 Å². The van der Waals surface area contributed by atoms with Crippen molar-refractivity contribution in [2.75, 3.05) is 6.54 Å². The molecule has 0 fully saturated rings. The first-order chi connectivity index (χ1) is 11.1. The molecule has 3 nitrogen and oxygen atoms in total. The summed E-state index contributed by atoms with van der Waals surface area (Å²) in [5.74, 6) is -0.0300. The molecule has 23 heavy (non-hydrogen) atoms. The fourth-order valence-corrected chi connectivity index (χ4v) is 3.55. The van der Waals surface area contributed by atoms with Crippen molar-refractivity contribution in [2.24, 2.45) is 0 Å². The number of hydrogen-bond acceptors (Lipinski definition) is 1. The third-order valence-corrected chi connectivity index (χ3v) is 4.89. The molecule has 2 aromatic carbocycles. The average molecular weight is 345 g/mol. The molecule has 0 saturated carbocycles. The molecular formula is C18H14Cl2N2O. The Kier molecular flexibility index (Phi) is 3.55. The summed E-state index contributed by atoms with van der Waals surface area (Å²) in [4.78, 5) is 18.0. The van der Waals surface area contributed by atoms with Crippen molar-refractivity contribution in [3.63, 3.8) is 0 Å². The summed E-state index contributed by atoms with van der Waals surface area (Å²) >= 11 is 12.3. The maximum atomic E-state index is 12.8. The number of rotatable bonds is 1. The van der Waals surface area contributed by atoms with Crippen LogP contribution in [0.1, 0.15) is 21.6 Å². The summed E-state index contributed by atoms with van der Waals surface area (Å²) < 4.78 is 0. The van der Waals surface area contributed by atoms with E-state index in [1.54, 1.807) is 12.1 Å². The summed E-state index contributed by atoms with van der Waals surface area (Å²) in [6.45, 7) is 1.25. The Labute approximate surface area is 143 Å². The van der Waals surface area contributed by atoms with Gasteiger partial charge in [0.15, 0.2) is 0 Å². The van der Waals surface area contributed by atoms with E-state index in [0.29, 0.717) is 28.7 Å². The van der Waals surface area contributed by atoms with Gasteiger partial charge in [-0.3, -0.25) is 4.79 Å². The van der Waals surface area contributed by atoms with Crippen LogP contribution in [-0.2, 0) is 13.0 Å². The van der Waals surface area contributed by atoms with Gasteiger partial charge in [-0.25, -0.2) is 0 Å². The SMILES string of the molecule is O=C(c1ccccc1Cl)N1CCc2[nH]c3ccc(Cl)cc3c2C1. The fraction of sp³-hybridized carbons (Fsp3) is 0.167. The summed E-state index contributed by atoms with van der Waals surface area (Å²) in [5.41, 5.74) is 3.95. The third-order valence-electron chi connectivity index (χ3n) is 4.33. The van der Waals surface area contributed by atoms with Crippen LogP contribution in [0.4, 0.5) is 0 Å². The van der Waals surface area contributed by atoms with Gasteiger partial charge >= 0.3 is 0 Å². The van der Waals surface area contributed by atoms with E-state index in [9.17, 15) is 4.79 Å². The number of carbonyl (C=O) groups excluding carboxylic acids is 1. The van der Waals surface area contributed by atoms with E-state index in [-0.39, 0.29) is 5.91 Å². The monoisotopic (exact) mass is 344 g/mol. The Hall–Kier alpha value is -1.97. The number of amides is 1. The van der Waals surface area contributed by atoms with Gasteiger partial charge in [-0.2, -0.15) is 0 Å². The van der Waals surface area contributed by atoms with Gasteiger partial charge in [-0.05, 0) is 30.3 Å². The lowest BCUT2D eigenvalue weighted by Gasteiger charge is -2.27. The molecule has 1 aromatic heterocycles. The summed E-state index contributed by atoms with van der Waals surface area (Å²) in [6, 6.07) is 13.0. The maximum absolute atomic E-state index is 12.8. The predicted octanol–water partition coefficient (Wildman–Crippen LogP) is 4.67. The molecule has 0 saturated heterocycles. The number of benzene rings is 2. The molecule has 4 rings (SSSR count). The van der Waals surface area contributed by atoms with E-state index in [1.165, 1.54) is 5.69 Å². The molecule has 2 heterocycles. The Morgan fingerprint density at radius 3 is 2.78 bits per heavy atom. The summed E-state index contributed by atoms with van der Waals surface area (Å²) in [5, 5.41) is 2.28. The zero-order chi connectivity index (χ0) is 16.0. The number of fused-ring (bicyclic) bond motifs is 3. The Balaban J connectivity index is 1.71. The van der Waals surface area contributed by atoms with E-state index in [1.807, 2.05) is 35.2 Å². The molecule has 0 aliphatic carbocycles. The average Bonchev–Trinajstić information content (AvgIpc) is 2.92. The second-order valence-corrected chi connectivity index (χ2v) is 6.57. The summed E-state index contributed by atoms with van der Waals surface area (Å²) in [7, 11) is 0. The second kappa shape index (κ2) is 5.59. The Morgan fingerprint density at radius 2 is 1.96 bits per heavy atom. The molecule has 0 bridgehead atoms. The summed E-state index contributed by atoms with van der Waals surface area (Å²) in [6.07, 6.45) is 0.803. The van der Waals surface area contributed by atoms with Gasteiger partial charge in [0, 0.05) is 46.7 Å². The van der Waals surface area contributed by atoms with E-state index in [0.717, 1.165) is 22.9 Å². The molecule has 0 atom stereocenters. The predicted molar refractivity (Wildman–Crippen MR) is 93.2 cm³/mol. The minimum absolute atomic E-state index is 0.0300. The number of nitrogens with one attached hydrogen (secondary N) is 1. The van der Waals surface area contributed by atoms with Gasteiger partial charge in [0.1, 0.15) is 0 Å². The Bertz CT molecular complexity index is 917. The van der Waals surface area contributed by atoms with E-state index >= 15 is 0 Å². The van der Waals surface area contributed by atoms with Crippen molar-refractivity contribution in [1.82, 2.24) is 9.88 Å². The lowest BCUT2D eigenvalue weighted by molar-refractivity contribution is 0.0735. The van der Waals surface area contributed by atoms with Gasteiger partial charge in [-0.1, -0.05) is 35.3 Å². The first-order valence-electron chi connectivity index (χ1n) is 7.46. The molecule has 5 heteroatoms. The molecule has 1 aliphatic heterocycles. The molecule has 116 valence electrons. The van der Waals surface area contributed by atoms with Crippen molar-refractivity contribution < 1.29 is 4.79 Å². The van der Waals surface area contributed by atoms with Crippen molar-refractivity contribution in [3.05, 3.63) is 69.3 Å². The first kappa shape index (κ1) is 14.6. The molecular weight excluding hydrogens is 331 g/mol. The lowest BCUT2D eigenvalue weighted by Crippen LogP contribution is -2.35. The van der Waals surface area contributed by atoms with Gasteiger partial charge in [0.25, 0.3) is 5.91 Å². The zero-order valence-corrected chi connectivity index (χ0v) is 13.8. The number of carbonyl (C=O) groups is 1. The molecule has 0 spiro atoms. The molecule has 0 radical (unpaired) electrons. The van der Waals surface area contributed by atoms with E-state index < -0.39 is 0 Å². The van der Waals surface area contributed by atoms with Gasteiger partial charge in [-0.15, -0.1) is 0 Å². The second-order valence-electron chi connectivity index (χ2n) is 5.73.